The average Bonchev–Trinajstić information content (AvgIpc) is 3.30. The van der Waals surface area contributed by atoms with Crippen LogP contribution in [-0.2, 0) is 28.2 Å². The summed E-state index contributed by atoms with van der Waals surface area (Å²) in [6.45, 7) is 0. The van der Waals surface area contributed by atoms with Crippen LogP contribution in [-0.4, -0.2) is 51.0 Å². The summed E-state index contributed by atoms with van der Waals surface area (Å²) in [5, 5.41) is 0. The van der Waals surface area contributed by atoms with E-state index < -0.39 is 38.4 Å². The van der Waals surface area contributed by atoms with Crippen LogP contribution < -0.4 is 10.9 Å². The van der Waals surface area contributed by atoms with E-state index >= 15 is 0 Å². The SMILES string of the molecule is O=Cc1ccccc1B1OC(=O)C(C2OB(c3ccccc3C=O)OC2=O)O1. The fourth-order valence-corrected chi connectivity index (χ4v) is 3.11. The first kappa shape index (κ1) is 18.1. The fraction of sp³-hybridized carbons (Fsp3) is 0.111. The van der Waals surface area contributed by atoms with Gasteiger partial charge in [-0.25, -0.2) is 0 Å². The molecule has 0 radical (unpaired) electrons. The van der Waals surface area contributed by atoms with Crippen LogP contribution in [0.2, 0.25) is 0 Å². The van der Waals surface area contributed by atoms with E-state index in [1.54, 1.807) is 48.5 Å². The van der Waals surface area contributed by atoms with Gasteiger partial charge in [-0.3, -0.25) is 19.2 Å². The summed E-state index contributed by atoms with van der Waals surface area (Å²) in [7, 11) is -2.28. The first-order chi connectivity index (χ1) is 13.6. The number of benzene rings is 2. The van der Waals surface area contributed by atoms with Gasteiger partial charge in [0.15, 0.2) is 12.2 Å². The summed E-state index contributed by atoms with van der Waals surface area (Å²) >= 11 is 0. The lowest BCUT2D eigenvalue weighted by Crippen LogP contribution is -2.41. The Bertz CT molecular complexity index is 885. The molecule has 0 amide bonds. The van der Waals surface area contributed by atoms with Crippen LogP contribution in [0.3, 0.4) is 0 Å². The molecule has 0 aliphatic carbocycles. The maximum absolute atomic E-state index is 12.3. The molecule has 2 saturated heterocycles. The molecule has 2 atom stereocenters. The molecule has 2 aliphatic heterocycles. The van der Waals surface area contributed by atoms with Gasteiger partial charge in [0.1, 0.15) is 12.6 Å². The van der Waals surface area contributed by atoms with Crippen molar-refractivity contribution in [1.29, 1.82) is 0 Å². The Morgan fingerprint density at radius 1 is 0.679 bits per heavy atom. The van der Waals surface area contributed by atoms with Gasteiger partial charge in [-0.15, -0.1) is 0 Å². The highest BCUT2D eigenvalue weighted by Crippen LogP contribution is 2.23. The van der Waals surface area contributed by atoms with E-state index in [2.05, 4.69) is 0 Å². The Morgan fingerprint density at radius 2 is 1.07 bits per heavy atom. The quantitative estimate of drug-likeness (QED) is 0.497. The van der Waals surface area contributed by atoms with E-state index in [-0.39, 0.29) is 0 Å². The Labute approximate surface area is 160 Å². The molecule has 0 spiro atoms. The minimum Gasteiger partial charge on any atom is -0.504 e. The molecule has 2 heterocycles. The minimum absolute atomic E-state index is 0.300. The summed E-state index contributed by atoms with van der Waals surface area (Å²) < 4.78 is 21.5. The molecule has 28 heavy (non-hydrogen) atoms. The molecule has 2 aliphatic rings. The van der Waals surface area contributed by atoms with Gasteiger partial charge >= 0.3 is 26.2 Å². The molecule has 2 fully saturated rings. The van der Waals surface area contributed by atoms with E-state index in [9.17, 15) is 19.2 Å². The van der Waals surface area contributed by atoms with Crippen LogP contribution in [0.5, 0.6) is 0 Å². The summed E-state index contributed by atoms with van der Waals surface area (Å²) in [6.07, 6.45) is -1.48. The maximum Gasteiger partial charge on any atom is 0.566 e. The van der Waals surface area contributed by atoms with Crippen LogP contribution in [0.1, 0.15) is 20.7 Å². The monoisotopic (exact) mass is 378 g/mol. The van der Waals surface area contributed by atoms with Gasteiger partial charge in [0, 0.05) is 22.1 Å². The minimum atomic E-state index is -1.36. The zero-order valence-corrected chi connectivity index (χ0v) is 14.3. The van der Waals surface area contributed by atoms with E-state index in [1.165, 1.54) is 0 Å². The van der Waals surface area contributed by atoms with Gasteiger partial charge in [0.25, 0.3) is 0 Å². The van der Waals surface area contributed by atoms with Gasteiger partial charge in [-0.05, 0) is 0 Å². The molecule has 0 saturated carbocycles. The van der Waals surface area contributed by atoms with Crippen LogP contribution >= 0.6 is 0 Å². The molecule has 2 aromatic rings. The van der Waals surface area contributed by atoms with Crippen LogP contribution in [0, 0.1) is 0 Å². The summed E-state index contributed by atoms with van der Waals surface area (Å²) in [4.78, 5) is 46.9. The van der Waals surface area contributed by atoms with Crippen molar-refractivity contribution in [3.8, 4) is 0 Å². The van der Waals surface area contributed by atoms with Crippen molar-refractivity contribution in [3.63, 3.8) is 0 Å². The normalized spacial score (nSPS) is 21.4. The molecule has 10 heteroatoms. The Morgan fingerprint density at radius 3 is 1.46 bits per heavy atom. The van der Waals surface area contributed by atoms with Crippen molar-refractivity contribution in [3.05, 3.63) is 59.7 Å². The van der Waals surface area contributed by atoms with Crippen LogP contribution in [0.4, 0.5) is 0 Å². The van der Waals surface area contributed by atoms with Crippen LogP contribution in [0.25, 0.3) is 0 Å². The van der Waals surface area contributed by atoms with Gasteiger partial charge in [-0.1, -0.05) is 48.5 Å². The van der Waals surface area contributed by atoms with Crippen molar-refractivity contribution in [1.82, 2.24) is 0 Å². The van der Waals surface area contributed by atoms with Crippen molar-refractivity contribution >= 4 is 49.7 Å². The molecular weight excluding hydrogens is 366 g/mol. The first-order valence-corrected chi connectivity index (χ1v) is 8.42. The molecule has 8 nitrogen and oxygen atoms in total. The van der Waals surface area contributed by atoms with Crippen molar-refractivity contribution in [2.24, 2.45) is 0 Å². The highest BCUT2D eigenvalue weighted by molar-refractivity contribution is 6.67. The lowest BCUT2D eigenvalue weighted by atomic mass is 9.76. The molecular formula is C18H12B2O8. The third-order valence-corrected chi connectivity index (χ3v) is 4.48. The van der Waals surface area contributed by atoms with Gasteiger partial charge in [0.05, 0.1) is 0 Å². The molecule has 0 aromatic heterocycles. The second-order valence-electron chi connectivity index (χ2n) is 6.14. The zero-order chi connectivity index (χ0) is 19.7. The topological polar surface area (TPSA) is 105 Å². The van der Waals surface area contributed by atoms with Crippen molar-refractivity contribution in [2.45, 2.75) is 12.2 Å². The summed E-state index contributed by atoms with van der Waals surface area (Å²) in [5.41, 5.74) is 1.33. The zero-order valence-electron chi connectivity index (χ0n) is 14.3. The average molecular weight is 378 g/mol. The van der Waals surface area contributed by atoms with Gasteiger partial charge in [0.2, 0.25) is 0 Å². The van der Waals surface area contributed by atoms with E-state index in [0.29, 0.717) is 34.6 Å². The summed E-state index contributed by atoms with van der Waals surface area (Å²) in [5.74, 6) is -1.62. The Kier molecular flexibility index (Phi) is 4.81. The lowest BCUT2D eigenvalue weighted by Gasteiger charge is -2.12. The lowest BCUT2D eigenvalue weighted by molar-refractivity contribution is -0.147. The maximum atomic E-state index is 12.3. The van der Waals surface area contributed by atoms with E-state index in [4.69, 9.17) is 18.6 Å². The molecule has 0 bridgehead atoms. The summed E-state index contributed by atoms with van der Waals surface area (Å²) in [6, 6.07) is 12.9. The number of aldehydes is 2. The largest absolute Gasteiger partial charge is 0.566 e. The predicted octanol–water partition coefficient (Wildman–Crippen LogP) is -0.714. The number of hydrogen-bond acceptors (Lipinski definition) is 8. The molecule has 2 unspecified atom stereocenters. The highest BCUT2D eigenvalue weighted by atomic mass is 16.7. The number of hydrogen-bond donors (Lipinski definition) is 0. The smallest absolute Gasteiger partial charge is 0.504 e. The number of carbonyl (C=O) groups is 4. The van der Waals surface area contributed by atoms with Crippen molar-refractivity contribution in [2.75, 3.05) is 0 Å². The molecule has 0 N–H and O–H groups in total. The number of carbonyl (C=O) groups excluding carboxylic acids is 4. The van der Waals surface area contributed by atoms with E-state index in [0.717, 1.165) is 0 Å². The highest BCUT2D eigenvalue weighted by Gasteiger charge is 2.54. The van der Waals surface area contributed by atoms with Crippen LogP contribution in [0.15, 0.2) is 48.5 Å². The third-order valence-electron chi connectivity index (χ3n) is 4.48. The Balaban J connectivity index is 1.55. The molecule has 138 valence electrons. The molecule has 4 rings (SSSR count). The third kappa shape index (κ3) is 3.12. The Hall–Kier alpha value is -3.23. The van der Waals surface area contributed by atoms with Crippen molar-refractivity contribution < 1.29 is 37.8 Å². The fourth-order valence-electron chi connectivity index (χ4n) is 3.11. The molecule has 2 aromatic carbocycles. The second kappa shape index (κ2) is 7.41. The second-order valence-corrected chi connectivity index (χ2v) is 6.14. The standard InChI is InChI=1S/C18H12B2O8/c21-9-11-5-1-3-7-13(11)19-25-15(17(23)27-19)16-18(24)28-20(26-16)14-8-4-2-6-12(14)10-22/h1-10,15-16H. The van der Waals surface area contributed by atoms with Gasteiger partial charge in [-0.2, -0.15) is 0 Å². The van der Waals surface area contributed by atoms with Gasteiger partial charge < -0.3 is 18.6 Å². The predicted molar refractivity (Wildman–Crippen MR) is 96.4 cm³/mol. The first-order valence-electron chi connectivity index (χ1n) is 8.42. The number of rotatable bonds is 5. The van der Waals surface area contributed by atoms with E-state index in [1.807, 2.05) is 0 Å².